The second-order valence-corrected chi connectivity index (χ2v) is 2.95. The Morgan fingerprint density at radius 1 is 1.00 bits per heavy atom. The molecule has 68 valence electrons. The van der Waals surface area contributed by atoms with Crippen molar-refractivity contribution in [3.63, 3.8) is 0 Å². The molecule has 0 fully saturated rings. The molecule has 0 radical (unpaired) electrons. The van der Waals surface area contributed by atoms with E-state index in [2.05, 4.69) is 20.8 Å². The zero-order chi connectivity index (χ0) is 8.91. The predicted octanol–water partition coefficient (Wildman–Crippen LogP) is 0.174. The highest BCUT2D eigenvalue weighted by Crippen LogP contribution is 2.05. The largest absolute Gasteiger partial charge is 0.364 e. The Balaban J connectivity index is 4.05. The topological polar surface area (TPSA) is 40.5 Å². The normalized spacial score (nSPS) is 12.5. The molecular weight excluding hydrogens is 142 g/mol. The van der Waals surface area contributed by atoms with E-state index in [0.717, 1.165) is 24.1 Å². The molecule has 0 aromatic carbocycles. The Hall–Kier alpha value is -0.120. The Morgan fingerprint density at radius 2 is 1.36 bits per heavy atom. The van der Waals surface area contributed by atoms with Gasteiger partial charge in [0.15, 0.2) is 0 Å². The van der Waals surface area contributed by atoms with Gasteiger partial charge in [0.25, 0.3) is 0 Å². The molecule has 3 nitrogen and oxygen atoms in total. The molecule has 0 amide bonds. The number of aliphatic hydroxyl groups excluding tert-OH is 1. The first-order valence-electron chi connectivity index (χ1n) is 4.31. The third-order valence-corrected chi connectivity index (χ3v) is 2.56. The summed E-state index contributed by atoms with van der Waals surface area (Å²) in [5.74, 6) is 0. The van der Waals surface area contributed by atoms with E-state index in [-0.39, 0.29) is 0 Å². The summed E-state index contributed by atoms with van der Waals surface area (Å²) < 4.78 is 0.789. The highest BCUT2D eigenvalue weighted by Gasteiger charge is 2.23. The van der Waals surface area contributed by atoms with Crippen LogP contribution in [0.5, 0.6) is 0 Å². The molecule has 0 bridgehead atoms. The molecule has 3 heteroatoms. The van der Waals surface area contributed by atoms with Crippen LogP contribution in [0, 0.1) is 0 Å². The lowest BCUT2D eigenvalue weighted by atomic mass is 10.3. The number of rotatable bonds is 5. The van der Waals surface area contributed by atoms with E-state index in [0.29, 0.717) is 6.54 Å². The van der Waals surface area contributed by atoms with Crippen molar-refractivity contribution >= 4 is 0 Å². The van der Waals surface area contributed by atoms with Gasteiger partial charge in [-0.3, -0.25) is 0 Å². The van der Waals surface area contributed by atoms with Gasteiger partial charge >= 0.3 is 0 Å². The lowest BCUT2D eigenvalue weighted by Crippen LogP contribution is -2.51. The molecule has 0 saturated heterocycles. The van der Waals surface area contributed by atoms with Gasteiger partial charge in [-0.1, -0.05) is 0 Å². The average molecular weight is 162 g/mol. The SMILES string of the molecule is CC[N+](CC)(CC)CC(O)O. The van der Waals surface area contributed by atoms with Gasteiger partial charge in [0.05, 0.1) is 19.6 Å². The van der Waals surface area contributed by atoms with Crippen LogP contribution in [-0.2, 0) is 0 Å². The fourth-order valence-corrected chi connectivity index (χ4v) is 1.40. The zero-order valence-corrected chi connectivity index (χ0v) is 7.75. The van der Waals surface area contributed by atoms with Gasteiger partial charge in [-0.2, -0.15) is 0 Å². The van der Waals surface area contributed by atoms with Crippen molar-refractivity contribution in [2.24, 2.45) is 0 Å². The van der Waals surface area contributed by atoms with Crippen molar-refractivity contribution in [1.29, 1.82) is 0 Å². The predicted molar refractivity (Wildman–Crippen MR) is 45.0 cm³/mol. The summed E-state index contributed by atoms with van der Waals surface area (Å²) in [6, 6.07) is 0. The van der Waals surface area contributed by atoms with Crippen LogP contribution in [0.25, 0.3) is 0 Å². The number of quaternary nitrogens is 1. The minimum Gasteiger partial charge on any atom is -0.364 e. The Kier molecular flexibility index (Phi) is 4.65. The molecule has 11 heavy (non-hydrogen) atoms. The van der Waals surface area contributed by atoms with Gasteiger partial charge in [0.1, 0.15) is 6.54 Å². The lowest BCUT2D eigenvalue weighted by Gasteiger charge is -2.36. The fourth-order valence-electron chi connectivity index (χ4n) is 1.40. The van der Waals surface area contributed by atoms with Crippen LogP contribution in [-0.4, -0.2) is 47.2 Å². The molecule has 0 unspecified atom stereocenters. The third-order valence-electron chi connectivity index (χ3n) is 2.56. The summed E-state index contributed by atoms with van der Waals surface area (Å²) in [4.78, 5) is 0. The molecule has 0 atom stereocenters. The van der Waals surface area contributed by atoms with Gasteiger partial charge in [-0.05, 0) is 20.8 Å². The van der Waals surface area contributed by atoms with E-state index >= 15 is 0 Å². The van der Waals surface area contributed by atoms with Crippen molar-refractivity contribution in [2.45, 2.75) is 27.1 Å². The summed E-state index contributed by atoms with van der Waals surface area (Å²) in [5, 5.41) is 17.6. The molecule has 0 aromatic rings. The van der Waals surface area contributed by atoms with Crippen molar-refractivity contribution in [2.75, 3.05) is 26.2 Å². The molecule has 0 spiro atoms. The van der Waals surface area contributed by atoms with Crippen molar-refractivity contribution in [1.82, 2.24) is 0 Å². The maximum absolute atomic E-state index is 8.82. The summed E-state index contributed by atoms with van der Waals surface area (Å²) in [6.45, 7) is 9.57. The Bertz CT molecular complexity index is 92.0. The average Bonchev–Trinajstić information content (AvgIpc) is 2.00. The number of hydrogen-bond acceptors (Lipinski definition) is 2. The van der Waals surface area contributed by atoms with E-state index in [9.17, 15) is 0 Å². The second-order valence-electron chi connectivity index (χ2n) is 2.95. The van der Waals surface area contributed by atoms with E-state index in [1.807, 2.05) is 0 Å². The first-order chi connectivity index (χ1) is 5.10. The van der Waals surface area contributed by atoms with Crippen LogP contribution in [0.4, 0.5) is 0 Å². The van der Waals surface area contributed by atoms with E-state index in [1.54, 1.807) is 0 Å². The molecule has 2 N–H and O–H groups in total. The number of aliphatic hydroxyl groups is 2. The van der Waals surface area contributed by atoms with Crippen LogP contribution in [0.2, 0.25) is 0 Å². The van der Waals surface area contributed by atoms with Gasteiger partial charge in [0.2, 0.25) is 6.29 Å². The minimum atomic E-state index is -1.17. The molecule has 0 aliphatic carbocycles. The molecule has 0 heterocycles. The number of likely N-dealkylation sites (N-methyl/N-ethyl adjacent to an activating group) is 1. The van der Waals surface area contributed by atoms with Crippen molar-refractivity contribution in [3.05, 3.63) is 0 Å². The molecular formula is C8H20NO2+. The van der Waals surface area contributed by atoms with Crippen LogP contribution >= 0.6 is 0 Å². The summed E-state index contributed by atoms with van der Waals surface area (Å²) in [5.41, 5.74) is 0. The smallest absolute Gasteiger partial charge is 0.202 e. The maximum atomic E-state index is 8.82. The number of hydrogen-bond donors (Lipinski definition) is 2. The minimum absolute atomic E-state index is 0.448. The molecule has 0 aromatic heterocycles. The van der Waals surface area contributed by atoms with Gasteiger partial charge in [-0.25, -0.2) is 0 Å². The maximum Gasteiger partial charge on any atom is 0.202 e. The molecule has 0 aliphatic heterocycles. The highest BCUT2D eigenvalue weighted by atomic mass is 16.5. The van der Waals surface area contributed by atoms with Gasteiger partial charge in [-0.15, -0.1) is 0 Å². The molecule has 0 saturated carbocycles. The quantitative estimate of drug-likeness (QED) is 0.447. The Morgan fingerprint density at radius 3 is 1.45 bits per heavy atom. The Labute approximate surface area is 68.9 Å². The van der Waals surface area contributed by atoms with E-state index in [1.165, 1.54) is 0 Å². The van der Waals surface area contributed by atoms with Crippen molar-refractivity contribution < 1.29 is 14.7 Å². The lowest BCUT2D eigenvalue weighted by molar-refractivity contribution is -0.928. The third kappa shape index (κ3) is 3.18. The van der Waals surface area contributed by atoms with Gasteiger partial charge in [0, 0.05) is 0 Å². The van der Waals surface area contributed by atoms with Crippen LogP contribution < -0.4 is 0 Å². The highest BCUT2D eigenvalue weighted by molar-refractivity contribution is 4.39. The monoisotopic (exact) mass is 162 g/mol. The summed E-state index contributed by atoms with van der Waals surface area (Å²) in [6.07, 6.45) is -1.17. The summed E-state index contributed by atoms with van der Waals surface area (Å²) in [7, 11) is 0. The fraction of sp³-hybridized carbons (Fsp3) is 1.00. The van der Waals surface area contributed by atoms with E-state index < -0.39 is 6.29 Å². The summed E-state index contributed by atoms with van der Waals surface area (Å²) >= 11 is 0. The molecule has 0 aliphatic rings. The number of nitrogens with zero attached hydrogens (tertiary/aromatic N) is 1. The second kappa shape index (κ2) is 4.70. The van der Waals surface area contributed by atoms with Gasteiger partial charge < -0.3 is 14.7 Å². The van der Waals surface area contributed by atoms with Crippen LogP contribution in [0.3, 0.4) is 0 Å². The molecule has 0 rings (SSSR count). The van der Waals surface area contributed by atoms with Crippen LogP contribution in [0.15, 0.2) is 0 Å². The van der Waals surface area contributed by atoms with E-state index in [4.69, 9.17) is 10.2 Å². The van der Waals surface area contributed by atoms with Crippen molar-refractivity contribution in [3.8, 4) is 0 Å². The first-order valence-corrected chi connectivity index (χ1v) is 4.31. The standard InChI is InChI=1S/C8H20NO2/c1-4-9(5-2,6-3)7-8(10)11/h8,10-11H,4-7H2,1-3H3/q+1. The first kappa shape index (κ1) is 10.9. The zero-order valence-electron chi connectivity index (χ0n) is 7.75. The van der Waals surface area contributed by atoms with Crippen LogP contribution in [0.1, 0.15) is 20.8 Å².